The SMILES string of the molecule is COc1ccccc1NCc1ccc(C)cc1. The summed E-state index contributed by atoms with van der Waals surface area (Å²) in [5, 5.41) is 3.37. The average molecular weight is 227 g/mol. The molecule has 2 aromatic carbocycles. The number of aryl methyl sites for hydroxylation is 1. The molecule has 0 saturated heterocycles. The molecular weight excluding hydrogens is 210 g/mol. The third-order valence-corrected chi connectivity index (χ3v) is 2.71. The third-order valence-electron chi connectivity index (χ3n) is 2.71. The molecular formula is C15H17NO. The predicted molar refractivity (Wildman–Crippen MR) is 71.5 cm³/mol. The van der Waals surface area contributed by atoms with Crippen LogP contribution in [0.15, 0.2) is 48.5 Å². The zero-order chi connectivity index (χ0) is 12.1. The third kappa shape index (κ3) is 3.00. The van der Waals surface area contributed by atoms with E-state index in [4.69, 9.17) is 4.74 Å². The minimum Gasteiger partial charge on any atom is -0.495 e. The fourth-order valence-corrected chi connectivity index (χ4v) is 1.69. The van der Waals surface area contributed by atoms with E-state index in [-0.39, 0.29) is 0 Å². The van der Waals surface area contributed by atoms with E-state index >= 15 is 0 Å². The molecule has 88 valence electrons. The van der Waals surface area contributed by atoms with Gasteiger partial charge in [0.2, 0.25) is 0 Å². The Morgan fingerprint density at radius 1 is 1.00 bits per heavy atom. The maximum atomic E-state index is 5.29. The lowest BCUT2D eigenvalue weighted by atomic mass is 10.1. The molecule has 0 aliphatic heterocycles. The van der Waals surface area contributed by atoms with Crippen LogP contribution >= 0.6 is 0 Å². The van der Waals surface area contributed by atoms with Crippen molar-refractivity contribution in [3.63, 3.8) is 0 Å². The second-order valence-electron chi connectivity index (χ2n) is 4.04. The molecule has 0 radical (unpaired) electrons. The first kappa shape index (κ1) is 11.5. The number of ether oxygens (including phenoxy) is 1. The van der Waals surface area contributed by atoms with E-state index in [1.165, 1.54) is 11.1 Å². The van der Waals surface area contributed by atoms with E-state index in [9.17, 15) is 0 Å². The predicted octanol–water partition coefficient (Wildman–Crippen LogP) is 3.62. The van der Waals surface area contributed by atoms with E-state index in [0.29, 0.717) is 0 Å². The molecule has 17 heavy (non-hydrogen) atoms. The van der Waals surface area contributed by atoms with Crippen molar-refractivity contribution in [1.29, 1.82) is 0 Å². The molecule has 0 spiro atoms. The first-order chi connectivity index (χ1) is 8.29. The topological polar surface area (TPSA) is 21.3 Å². The van der Waals surface area contributed by atoms with Crippen LogP contribution < -0.4 is 10.1 Å². The van der Waals surface area contributed by atoms with Gasteiger partial charge in [-0.2, -0.15) is 0 Å². The Hall–Kier alpha value is -1.96. The molecule has 0 fully saturated rings. The van der Waals surface area contributed by atoms with Gasteiger partial charge in [0.15, 0.2) is 0 Å². The van der Waals surface area contributed by atoms with Crippen LogP contribution in [0.25, 0.3) is 0 Å². The fraction of sp³-hybridized carbons (Fsp3) is 0.200. The molecule has 0 bridgehead atoms. The van der Waals surface area contributed by atoms with Gasteiger partial charge in [-0.25, -0.2) is 0 Å². The van der Waals surface area contributed by atoms with Crippen molar-refractivity contribution in [3.05, 3.63) is 59.7 Å². The molecule has 2 aromatic rings. The summed E-state index contributed by atoms with van der Waals surface area (Å²) < 4.78 is 5.29. The summed E-state index contributed by atoms with van der Waals surface area (Å²) in [5.41, 5.74) is 3.57. The number of methoxy groups -OCH3 is 1. The van der Waals surface area contributed by atoms with Crippen LogP contribution in [0.1, 0.15) is 11.1 Å². The number of nitrogens with one attached hydrogen (secondary N) is 1. The fourth-order valence-electron chi connectivity index (χ4n) is 1.69. The molecule has 0 aromatic heterocycles. The highest BCUT2D eigenvalue weighted by atomic mass is 16.5. The molecule has 0 atom stereocenters. The van der Waals surface area contributed by atoms with Crippen molar-refractivity contribution in [3.8, 4) is 5.75 Å². The summed E-state index contributed by atoms with van der Waals surface area (Å²) in [6, 6.07) is 16.5. The van der Waals surface area contributed by atoms with Gasteiger partial charge in [0, 0.05) is 6.54 Å². The number of anilines is 1. The van der Waals surface area contributed by atoms with E-state index in [1.807, 2.05) is 24.3 Å². The minimum absolute atomic E-state index is 0.806. The molecule has 0 saturated carbocycles. The Labute approximate surface area is 102 Å². The summed E-state index contributed by atoms with van der Waals surface area (Å²) >= 11 is 0. The van der Waals surface area contributed by atoms with Crippen molar-refractivity contribution in [2.75, 3.05) is 12.4 Å². The largest absolute Gasteiger partial charge is 0.495 e. The molecule has 0 unspecified atom stereocenters. The van der Waals surface area contributed by atoms with Crippen molar-refractivity contribution in [1.82, 2.24) is 0 Å². The first-order valence-corrected chi connectivity index (χ1v) is 5.72. The van der Waals surface area contributed by atoms with Gasteiger partial charge < -0.3 is 10.1 Å². The van der Waals surface area contributed by atoms with Gasteiger partial charge in [-0.1, -0.05) is 42.0 Å². The van der Waals surface area contributed by atoms with Crippen LogP contribution in [0.4, 0.5) is 5.69 Å². The van der Waals surface area contributed by atoms with Gasteiger partial charge in [0.05, 0.1) is 12.8 Å². The monoisotopic (exact) mass is 227 g/mol. The quantitative estimate of drug-likeness (QED) is 0.861. The Balaban J connectivity index is 2.04. The summed E-state index contributed by atoms with van der Waals surface area (Å²) in [4.78, 5) is 0. The van der Waals surface area contributed by atoms with Crippen molar-refractivity contribution in [2.45, 2.75) is 13.5 Å². The molecule has 0 amide bonds. The molecule has 0 heterocycles. The zero-order valence-electron chi connectivity index (χ0n) is 10.2. The summed E-state index contributed by atoms with van der Waals surface area (Å²) in [6.07, 6.45) is 0. The van der Waals surface area contributed by atoms with Crippen LogP contribution in [0.2, 0.25) is 0 Å². The molecule has 2 nitrogen and oxygen atoms in total. The lowest BCUT2D eigenvalue weighted by Crippen LogP contribution is -2.01. The Morgan fingerprint density at radius 3 is 2.41 bits per heavy atom. The van der Waals surface area contributed by atoms with Gasteiger partial charge >= 0.3 is 0 Å². The Morgan fingerprint density at radius 2 is 1.71 bits per heavy atom. The lowest BCUT2D eigenvalue weighted by Gasteiger charge is -2.10. The van der Waals surface area contributed by atoms with Crippen molar-refractivity contribution < 1.29 is 4.74 Å². The molecule has 2 heteroatoms. The van der Waals surface area contributed by atoms with E-state index in [0.717, 1.165) is 18.0 Å². The van der Waals surface area contributed by atoms with Gasteiger partial charge in [0.1, 0.15) is 5.75 Å². The second kappa shape index (κ2) is 5.39. The number of benzene rings is 2. The molecule has 1 N–H and O–H groups in total. The number of rotatable bonds is 4. The first-order valence-electron chi connectivity index (χ1n) is 5.72. The zero-order valence-corrected chi connectivity index (χ0v) is 10.2. The summed E-state index contributed by atoms with van der Waals surface area (Å²) in [7, 11) is 1.69. The summed E-state index contributed by atoms with van der Waals surface area (Å²) in [5.74, 6) is 0.875. The maximum absolute atomic E-state index is 5.29. The van der Waals surface area contributed by atoms with E-state index in [1.54, 1.807) is 7.11 Å². The highest BCUT2D eigenvalue weighted by Gasteiger charge is 2.00. The normalized spacial score (nSPS) is 10.0. The molecule has 0 aliphatic carbocycles. The number of hydrogen-bond donors (Lipinski definition) is 1. The lowest BCUT2D eigenvalue weighted by molar-refractivity contribution is 0.416. The van der Waals surface area contributed by atoms with Crippen molar-refractivity contribution >= 4 is 5.69 Å². The van der Waals surface area contributed by atoms with Gasteiger partial charge in [-0.05, 0) is 24.6 Å². The van der Waals surface area contributed by atoms with Crippen molar-refractivity contribution in [2.24, 2.45) is 0 Å². The minimum atomic E-state index is 0.806. The Bertz CT molecular complexity index is 477. The second-order valence-corrected chi connectivity index (χ2v) is 4.04. The van der Waals surface area contributed by atoms with Gasteiger partial charge in [-0.3, -0.25) is 0 Å². The number of para-hydroxylation sites is 2. The maximum Gasteiger partial charge on any atom is 0.141 e. The molecule has 0 aliphatic rings. The van der Waals surface area contributed by atoms with Crippen LogP contribution in [0.5, 0.6) is 5.75 Å². The van der Waals surface area contributed by atoms with Gasteiger partial charge in [0.25, 0.3) is 0 Å². The highest BCUT2D eigenvalue weighted by Crippen LogP contribution is 2.23. The van der Waals surface area contributed by atoms with Gasteiger partial charge in [-0.15, -0.1) is 0 Å². The van der Waals surface area contributed by atoms with E-state index < -0.39 is 0 Å². The standard InChI is InChI=1S/C15H17NO/c1-12-7-9-13(10-8-12)11-16-14-5-3-4-6-15(14)17-2/h3-10,16H,11H2,1-2H3. The average Bonchev–Trinajstić information content (AvgIpc) is 2.38. The van der Waals surface area contributed by atoms with E-state index in [2.05, 4.69) is 36.5 Å². The highest BCUT2D eigenvalue weighted by molar-refractivity contribution is 5.56. The van der Waals surface area contributed by atoms with Crippen LogP contribution in [0.3, 0.4) is 0 Å². The number of hydrogen-bond acceptors (Lipinski definition) is 2. The smallest absolute Gasteiger partial charge is 0.141 e. The Kier molecular flexibility index (Phi) is 3.66. The van der Waals surface area contributed by atoms with Crippen LogP contribution in [0, 0.1) is 6.92 Å². The molecule has 2 rings (SSSR count). The van der Waals surface area contributed by atoms with Crippen LogP contribution in [-0.2, 0) is 6.54 Å². The summed E-state index contributed by atoms with van der Waals surface area (Å²) in [6.45, 7) is 2.90. The van der Waals surface area contributed by atoms with Crippen LogP contribution in [-0.4, -0.2) is 7.11 Å².